The fourth-order valence-electron chi connectivity index (χ4n) is 1.79. The van der Waals surface area contributed by atoms with E-state index in [1.54, 1.807) is 19.5 Å². The first-order valence-corrected chi connectivity index (χ1v) is 6.89. The monoisotopic (exact) mass is 341 g/mol. The van der Waals surface area contributed by atoms with Crippen molar-refractivity contribution in [2.24, 2.45) is 0 Å². The Bertz CT molecular complexity index is 577. The van der Waals surface area contributed by atoms with Gasteiger partial charge in [-0.25, -0.2) is 0 Å². The van der Waals surface area contributed by atoms with Crippen molar-refractivity contribution in [1.82, 2.24) is 4.98 Å². The summed E-state index contributed by atoms with van der Waals surface area (Å²) in [7, 11) is 1.60. The van der Waals surface area contributed by atoms with Crippen LogP contribution in [0, 0.1) is 0 Å². The first kappa shape index (κ1) is 14.3. The van der Waals surface area contributed by atoms with E-state index in [2.05, 4.69) is 20.9 Å². The molecule has 2 aromatic rings. The molecule has 1 unspecified atom stereocenters. The highest BCUT2D eigenvalue weighted by Gasteiger charge is 2.12. The second-order valence-corrected chi connectivity index (χ2v) is 5.34. The lowest BCUT2D eigenvalue weighted by atomic mass is 10.0. The zero-order valence-corrected chi connectivity index (χ0v) is 12.6. The predicted molar refractivity (Wildman–Crippen MR) is 78.6 cm³/mol. The minimum absolute atomic E-state index is 0.445. The number of aromatic nitrogens is 1. The molecule has 0 amide bonds. The highest BCUT2D eigenvalue weighted by Crippen LogP contribution is 2.30. The minimum atomic E-state index is -0.623. The van der Waals surface area contributed by atoms with E-state index in [0.717, 1.165) is 21.3 Å². The second-order valence-electron chi connectivity index (χ2n) is 4.08. The Morgan fingerprint density at radius 1 is 1.42 bits per heavy atom. The number of ether oxygens (including phenoxy) is 1. The van der Waals surface area contributed by atoms with Gasteiger partial charge in [0.2, 0.25) is 0 Å². The van der Waals surface area contributed by atoms with Gasteiger partial charge in [-0.3, -0.25) is 4.98 Å². The average Bonchev–Trinajstić information content (AvgIpc) is 2.41. The maximum absolute atomic E-state index is 10.2. The topological polar surface area (TPSA) is 42.4 Å². The largest absolute Gasteiger partial charge is 0.496 e. The van der Waals surface area contributed by atoms with Crippen LogP contribution in [0.5, 0.6) is 5.75 Å². The highest BCUT2D eigenvalue weighted by atomic mass is 79.9. The summed E-state index contributed by atoms with van der Waals surface area (Å²) < 4.78 is 5.97. The molecule has 5 heteroatoms. The molecule has 1 aromatic heterocycles. The van der Waals surface area contributed by atoms with Crippen LogP contribution in [0.4, 0.5) is 0 Å². The van der Waals surface area contributed by atoms with Crippen molar-refractivity contribution in [2.75, 3.05) is 7.11 Å². The Balaban J connectivity index is 2.18. The number of rotatable bonds is 4. The normalized spacial score (nSPS) is 12.2. The molecular formula is C14H13BrClNO2. The van der Waals surface area contributed by atoms with E-state index in [-0.39, 0.29) is 0 Å². The molecule has 19 heavy (non-hydrogen) atoms. The molecular weight excluding hydrogens is 330 g/mol. The van der Waals surface area contributed by atoms with E-state index in [1.807, 2.05) is 24.3 Å². The molecule has 1 heterocycles. The van der Waals surface area contributed by atoms with E-state index in [0.29, 0.717) is 11.4 Å². The molecule has 0 radical (unpaired) electrons. The molecule has 0 fully saturated rings. The summed E-state index contributed by atoms with van der Waals surface area (Å²) in [6.07, 6.45) is 3.06. The van der Waals surface area contributed by atoms with E-state index in [4.69, 9.17) is 16.3 Å². The van der Waals surface area contributed by atoms with Gasteiger partial charge in [-0.15, -0.1) is 0 Å². The Morgan fingerprint density at radius 2 is 2.21 bits per heavy atom. The summed E-state index contributed by atoms with van der Waals surface area (Å²) in [6.45, 7) is 0. The van der Waals surface area contributed by atoms with Crippen LogP contribution in [0.1, 0.15) is 17.2 Å². The predicted octanol–water partition coefficient (Wildman–Crippen LogP) is 3.78. The Kier molecular flexibility index (Phi) is 4.80. The number of aliphatic hydroxyl groups is 1. The van der Waals surface area contributed by atoms with Gasteiger partial charge >= 0.3 is 0 Å². The number of aliphatic hydroxyl groups excluding tert-OH is 1. The lowest BCUT2D eigenvalue weighted by molar-refractivity contribution is 0.178. The maximum Gasteiger partial charge on any atom is 0.133 e. The Labute approximate surface area is 125 Å². The first-order valence-electron chi connectivity index (χ1n) is 5.71. The number of pyridine rings is 1. The van der Waals surface area contributed by atoms with E-state index in [1.165, 1.54) is 0 Å². The van der Waals surface area contributed by atoms with Gasteiger partial charge in [0.05, 0.1) is 22.7 Å². The molecule has 0 aliphatic rings. The molecule has 0 saturated carbocycles. The van der Waals surface area contributed by atoms with Gasteiger partial charge in [0.25, 0.3) is 0 Å². The molecule has 2 rings (SSSR count). The second kappa shape index (κ2) is 6.37. The summed E-state index contributed by atoms with van der Waals surface area (Å²) in [5.74, 6) is 0.734. The summed E-state index contributed by atoms with van der Waals surface area (Å²) in [5.41, 5.74) is 1.68. The lowest BCUT2D eigenvalue weighted by Crippen LogP contribution is -2.03. The highest BCUT2D eigenvalue weighted by molar-refractivity contribution is 9.10. The van der Waals surface area contributed by atoms with Gasteiger partial charge in [0.1, 0.15) is 5.75 Å². The van der Waals surface area contributed by atoms with Crippen LogP contribution in [0.15, 0.2) is 41.1 Å². The fraction of sp³-hybridized carbons (Fsp3) is 0.214. The van der Waals surface area contributed by atoms with Crippen LogP contribution >= 0.6 is 27.5 Å². The third-order valence-electron chi connectivity index (χ3n) is 2.83. The fourth-order valence-corrected chi connectivity index (χ4v) is 2.54. The summed E-state index contributed by atoms with van der Waals surface area (Å²) in [4.78, 5) is 3.92. The van der Waals surface area contributed by atoms with Crippen molar-refractivity contribution in [2.45, 2.75) is 12.5 Å². The molecule has 0 aliphatic carbocycles. The zero-order chi connectivity index (χ0) is 13.8. The Morgan fingerprint density at radius 3 is 2.84 bits per heavy atom. The zero-order valence-electron chi connectivity index (χ0n) is 10.3. The molecule has 0 bridgehead atoms. The molecule has 1 atom stereocenters. The summed E-state index contributed by atoms with van der Waals surface area (Å²) >= 11 is 9.44. The van der Waals surface area contributed by atoms with E-state index >= 15 is 0 Å². The summed E-state index contributed by atoms with van der Waals surface area (Å²) in [6, 6.07) is 7.31. The standard InChI is InChI=1S/C14H13BrClNO2/c1-19-14-3-2-10(6-11(14)15)13(18)7-9-4-5-17-8-12(9)16/h2-6,8,13,18H,7H2,1H3. The molecule has 0 spiro atoms. The van der Waals surface area contributed by atoms with Crippen molar-refractivity contribution in [3.8, 4) is 5.75 Å². The van der Waals surface area contributed by atoms with Crippen molar-refractivity contribution >= 4 is 27.5 Å². The SMILES string of the molecule is COc1ccc(C(O)Cc2ccncc2Cl)cc1Br. The van der Waals surface area contributed by atoms with E-state index in [9.17, 15) is 5.11 Å². The smallest absolute Gasteiger partial charge is 0.133 e. The number of hydrogen-bond donors (Lipinski definition) is 1. The first-order chi connectivity index (χ1) is 9.11. The number of halogens is 2. The number of benzene rings is 1. The summed E-state index contributed by atoms with van der Waals surface area (Å²) in [5, 5.41) is 10.8. The molecule has 3 nitrogen and oxygen atoms in total. The van der Waals surface area contributed by atoms with Crippen molar-refractivity contribution < 1.29 is 9.84 Å². The van der Waals surface area contributed by atoms with Gasteiger partial charge in [0, 0.05) is 18.8 Å². The number of methoxy groups -OCH3 is 1. The van der Waals surface area contributed by atoms with Crippen LogP contribution in [-0.2, 0) is 6.42 Å². The van der Waals surface area contributed by atoms with E-state index < -0.39 is 6.10 Å². The van der Waals surface area contributed by atoms with Gasteiger partial charge in [-0.05, 0) is 45.3 Å². The van der Waals surface area contributed by atoms with Crippen molar-refractivity contribution in [3.63, 3.8) is 0 Å². The van der Waals surface area contributed by atoms with Gasteiger partial charge < -0.3 is 9.84 Å². The van der Waals surface area contributed by atoms with Gasteiger partial charge in [-0.1, -0.05) is 17.7 Å². The quantitative estimate of drug-likeness (QED) is 0.919. The Hall–Kier alpha value is -1.10. The van der Waals surface area contributed by atoms with Gasteiger partial charge in [-0.2, -0.15) is 0 Å². The molecule has 0 saturated heterocycles. The molecule has 1 N–H and O–H groups in total. The molecule has 0 aliphatic heterocycles. The third-order valence-corrected chi connectivity index (χ3v) is 3.79. The lowest BCUT2D eigenvalue weighted by Gasteiger charge is -2.13. The van der Waals surface area contributed by atoms with Crippen LogP contribution < -0.4 is 4.74 Å². The van der Waals surface area contributed by atoms with Crippen molar-refractivity contribution in [1.29, 1.82) is 0 Å². The van der Waals surface area contributed by atoms with Crippen LogP contribution in [0.3, 0.4) is 0 Å². The third kappa shape index (κ3) is 3.47. The number of nitrogens with zero attached hydrogens (tertiary/aromatic N) is 1. The average molecular weight is 343 g/mol. The number of hydrogen-bond acceptors (Lipinski definition) is 3. The maximum atomic E-state index is 10.2. The van der Waals surface area contributed by atoms with Crippen LogP contribution in [-0.4, -0.2) is 17.2 Å². The van der Waals surface area contributed by atoms with Gasteiger partial charge in [0.15, 0.2) is 0 Å². The van der Waals surface area contributed by atoms with Crippen LogP contribution in [0.25, 0.3) is 0 Å². The van der Waals surface area contributed by atoms with Crippen molar-refractivity contribution in [3.05, 3.63) is 57.3 Å². The molecule has 100 valence electrons. The minimum Gasteiger partial charge on any atom is -0.496 e. The molecule has 1 aromatic carbocycles. The van der Waals surface area contributed by atoms with Crippen LogP contribution in [0.2, 0.25) is 5.02 Å².